The molecule has 3 heterocycles. The van der Waals surface area contributed by atoms with Crippen LogP contribution in [0.4, 0.5) is 0 Å². The van der Waals surface area contributed by atoms with Gasteiger partial charge < -0.3 is 72.0 Å². The van der Waals surface area contributed by atoms with Crippen LogP contribution in [0.5, 0.6) is 0 Å². The van der Waals surface area contributed by atoms with Crippen LogP contribution in [0, 0.1) is 0 Å². The molecule has 3 aliphatic rings. The molecule has 22 nitrogen and oxygen atoms in total. The van der Waals surface area contributed by atoms with Gasteiger partial charge in [-0.2, -0.15) is 0 Å². The van der Waals surface area contributed by atoms with Gasteiger partial charge in [-0.15, -0.1) is 0 Å². The highest BCUT2D eigenvalue weighted by Gasteiger charge is 2.59. The number of esters is 6. The molecule has 0 aromatic heterocycles. The second-order valence-corrected chi connectivity index (χ2v) is 19.7. The number of carbonyl (C=O) groups excluding carboxylic acids is 7. The Bertz CT molecular complexity index is 2940. The summed E-state index contributed by atoms with van der Waals surface area (Å²) in [7, 11) is 0. The summed E-state index contributed by atoms with van der Waals surface area (Å²) in [6, 6.07) is 40.2. The molecular weight excluding hydrogens is 1080 g/mol. The van der Waals surface area contributed by atoms with Crippen LogP contribution in [-0.4, -0.2) is 152 Å². The molecular formula is C61H65NO21. The van der Waals surface area contributed by atoms with E-state index in [4.69, 9.17) is 61.6 Å². The average Bonchev–Trinajstić information content (AvgIpc) is 3.36. The van der Waals surface area contributed by atoms with Crippen molar-refractivity contribution >= 4 is 41.7 Å². The van der Waals surface area contributed by atoms with Gasteiger partial charge in [0.25, 0.3) is 0 Å². The van der Waals surface area contributed by atoms with Crippen LogP contribution >= 0.6 is 0 Å². The maximum Gasteiger partial charge on any atom is 0.338 e. The van der Waals surface area contributed by atoms with Gasteiger partial charge in [-0.25, -0.2) is 14.4 Å². The zero-order valence-corrected chi connectivity index (χ0v) is 46.0. The fraction of sp³-hybridized carbons (Fsp3) is 0.393. The van der Waals surface area contributed by atoms with Crippen molar-refractivity contribution in [3.05, 3.63) is 179 Å². The maximum absolute atomic E-state index is 14.4. The molecule has 5 aromatic rings. The number of nitrogens with one attached hydrogen (secondary N) is 1. The molecule has 3 fully saturated rings. The molecule has 1 amide bonds. The third kappa shape index (κ3) is 16.6. The van der Waals surface area contributed by atoms with Crippen molar-refractivity contribution in [3.63, 3.8) is 0 Å². The minimum absolute atomic E-state index is 0.0185. The molecule has 3 aliphatic heterocycles. The number of hydrogen-bond acceptors (Lipinski definition) is 21. The summed E-state index contributed by atoms with van der Waals surface area (Å²) in [5, 5.41) is 14.6. The van der Waals surface area contributed by atoms with E-state index in [-0.39, 0.29) is 36.5 Å². The lowest BCUT2D eigenvalue weighted by Gasteiger charge is -2.50. The number of amides is 1. The molecule has 83 heavy (non-hydrogen) atoms. The SMILES string of the molecule is CC(=O)N[C@@H]1[C@@H](O[C@@H]2O[C@H](COC(C)=O)[C@H](OC(C)=O)[C@H](OC(C)=O)[C@H]2O[C@@H]2O[C@@H](C)[C@H](OC(=O)c3ccccc3)[C@@H](OC(=O)c3ccccc3)[C@H]2OC(=O)c2ccccc2)[C@H](OCc2ccccc2)[C@@H](COCc2ccccc2)O[C@@H]1O. The highest BCUT2D eigenvalue weighted by Crippen LogP contribution is 2.38. The third-order valence-electron chi connectivity index (χ3n) is 13.4. The minimum atomic E-state index is -1.95. The first kappa shape index (κ1) is 61.1. The second-order valence-electron chi connectivity index (χ2n) is 19.7. The summed E-state index contributed by atoms with van der Waals surface area (Å²) in [5.41, 5.74) is 1.69. The van der Waals surface area contributed by atoms with E-state index in [0.717, 1.165) is 26.3 Å². The Morgan fingerprint density at radius 1 is 0.446 bits per heavy atom. The van der Waals surface area contributed by atoms with E-state index in [1.165, 1.54) is 50.2 Å². The Labute approximate surface area is 478 Å². The van der Waals surface area contributed by atoms with Gasteiger partial charge in [-0.1, -0.05) is 115 Å². The largest absolute Gasteiger partial charge is 0.463 e. The molecule has 15 atom stereocenters. The predicted octanol–water partition coefficient (Wildman–Crippen LogP) is 5.35. The number of hydrogen-bond donors (Lipinski definition) is 2. The predicted molar refractivity (Wildman–Crippen MR) is 287 cm³/mol. The van der Waals surface area contributed by atoms with Crippen molar-refractivity contribution in [2.45, 2.75) is 140 Å². The molecule has 3 saturated heterocycles. The number of carbonyl (C=O) groups is 7. The van der Waals surface area contributed by atoms with Crippen molar-refractivity contribution in [1.29, 1.82) is 0 Å². The van der Waals surface area contributed by atoms with Crippen molar-refractivity contribution in [3.8, 4) is 0 Å². The van der Waals surface area contributed by atoms with E-state index >= 15 is 0 Å². The summed E-state index contributed by atoms with van der Waals surface area (Å²) >= 11 is 0. The van der Waals surface area contributed by atoms with Gasteiger partial charge in [-0.3, -0.25) is 19.2 Å². The topological polar surface area (TPSA) is 272 Å². The molecule has 0 aliphatic carbocycles. The smallest absolute Gasteiger partial charge is 0.338 e. The summed E-state index contributed by atoms with van der Waals surface area (Å²) in [5.74, 6) is -6.11. The lowest BCUT2D eigenvalue weighted by atomic mass is 9.94. The number of aliphatic hydroxyl groups is 1. The summed E-state index contributed by atoms with van der Waals surface area (Å²) < 4.78 is 81.9. The van der Waals surface area contributed by atoms with Crippen molar-refractivity contribution in [2.75, 3.05) is 13.2 Å². The zero-order valence-electron chi connectivity index (χ0n) is 46.0. The first-order valence-electron chi connectivity index (χ1n) is 26.8. The monoisotopic (exact) mass is 1150 g/mol. The Morgan fingerprint density at radius 2 is 0.880 bits per heavy atom. The average molecular weight is 1150 g/mol. The van der Waals surface area contributed by atoms with E-state index in [2.05, 4.69) is 5.32 Å². The number of ether oxygens (including phenoxy) is 13. The molecule has 0 saturated carbocycles. The van der Waals surface area contributed by atoms with Crippen LogP contribution in [0.15, 0.2) is 152 Å². The standard InChI is InChI=1S/C61H65NO21/c1-35-48(79-56(67)42-25-15-8-16-26-42)52(80-57(68)43-27-17-9-18-28-43)54(81-58(69)44-29-19-10-20-30-44)60(74-35)83-55-53(76-39(5)66)50(75-38(4)65)46(34-72-37(3)64)78-61(55)82-51-47(62-36(2)63)59(70)77-45(33-71-31-40-21-11-6-12-22-40)49(51)73-32-41-23-13-7-14-24-41/h6-30,35,45-55,59-61,70H,31-34H2,1-5H3,(H,62,63)/t35-,45+,46+,47+,48-,49+,50-,51+,52+,53-,54+,55+,59-,60-,61-/m0/s1. The van der Waals surface area contributed by atoms with Gasteiger partial charge >= 0.3 is 35.8 Å². The van der Waals surface area contributed by atoms with Crippen molar-refractivity contribution < 1.29 is 100 Å². The normalized spacial score (nSPS) is 27.6. The van der Waals surface area contributed by atoms with Crippen molar-refractivity contribution in [1.82, 2.24) is 5.32 Å². The lowest BCUT2D eigenvalue weighted by Crippen LogP contribution is -2.70. The van der Waals surface area contributed by atoms with Gasteiger partial charge in [0.2, 0.25) is 5.91 Å². The molecule has 0 unspecified atom stereocenters. The Hall–Kier alpha value is -7.93. The van der Waals surface area contributed by atoms with Crippen LogP contribution in [-0.2, 0) is 94.0 Å². The molecule has 5 aromatic carbocycles. The summed E-state index contributed by atoms with van der Waals surface area (Å²) in [6.07, 6.45) is -23.2. The Morgan fingerprint density at radius 3 is 1.39 bits per heavy atom. The van der Waals surface area contributed by atoms with Gasteiger partial charge in [-0.05, 0) is 54.4 Å². The molecule has 0 bridgehead atoms. The van der Waals surface area contributed by atoms with Gasteiger partial charge in [0.05, 0.1) is 42.6 Å². The highest BCUT2D eigenvalue weighted by atomic mass is 16.8. The van der Waals surface area contributed by atoms with E-state index in [0.29, 0.717) is 5.56 Å². The first-order valence-corrected chi connectivity index (χ1v) is 26.8. The van der Waals surface area contributed by atoms with Crippen LogP contribution in [0.3, 0.4) is 0 Å². The number of benzene rings is 5. The summed E-state index contributed by atoms with van der Waals surface area (Å²) in [4.78, 5) is 94.9. The molecule has 0 radical (unpaired) electrons. The lowest BCUT2D eigenvalue weighted by molar-refractivity contribution is -0.381. The van der Waals surface area contributed by atoms with Crippen LogP contribution in [0.1, 0.15) is 76.8 Å². The highest BCUT2D eigenvalue weighted by molar-refractivity contribution is 5.91. The molecule has 440 valence electrons. The van der Waals surface area contributed by atoms with E-state index in [1.54, 1.807) is 78.9 Å². The third-order valence-corrected chi connectivity index (χ3v) is 13.4. The van der Waals surface area contributed by atoms with E-state index in [1.807, 2.05) is 36.4 Å². The first-order chi connectivity index (χ1) is 40.0. The molecule has 8 rings (SSSR count). The van der Waals surface area contributed by atoms with Crippen LogP contribution < -0.4 is 5.32 Å². The second kappa shape index (κ2) is 29.4. The molecule has 22 heteroatoms. The fourth-order valence-corrected chi connectivity index (χ4v) is 9.68. The maximum atomic E-state index is 14.4. The Kier molecular flexibility index (Phi) is 21.6. The van der Waals surface area contributed by atoms with Crippen LogP contribution in [0.2, 0.25) is 0 Å². The Balaban J connectivity index is 1.26. The number of rotatable bonds is 22. The van der Waals surface area contributed by atoms with Gasteiger partial charge in [0, 0.05) is 27.7 Å². The van der Waals surface area contributed by atoms with Gasteiger partial charge in [0.1, 0.15) is 37.1 Å². The van der Waals surface area contributed by atoms with E-state index in [9.17, 15) is 38.7 Å². The quantitative estimate of drug-likeness (QED) is 0.0652. The fourth-order valence-electron chi connectivity index (χ4n) is 9.68. The van der Waals surface area contributed by atoms with Crippen molar-refractivity contribution in [2.24, 2.45) is 0 Å². The zero-order chi connectivity index (χ0) is 59.0. The minimum Gasteiger partial charge on any atom is -0.463 e. The number of aliphatic hydroxyl groups excluding tert-OH is 1. The summed E-state index contributed by atoms with van der Waals surface area (Å²) in [6.45, 7) is 5.06. The molecule has 2 N–H and O–H groups in total. The van der Waals surface area contributed by atoms with Crippen LogP contribution in [0.25, 0.3) is 0 Å². The van der Waals surface area contributed by atoms with E-state index < -0.39 is 140 Å². The molecule has 0 spiro atoms. The van der Waals surface area contributed by atoms with Gasteiger partial charge in [0.15, 0.2) is 55.5 Å².